The maximum atomic E-state index is 12.4. The molecule has 0 unspecified atom stereocenters. The minimum Gasteiger partial charge on any atom is -0.497 e. The predicted octanol–water partition coefficient (Wildman–Crippen LogP) is 3.31. The summed E-state index contributed by atoms with van der Waals surface area (Å²) >= 11 is 0. The van der Waals surface area contributed by atoms with Crippen LogP contribution in [0.3, 0.4) is 0 Å². The number of nitrogens with zero attached hydrogens (tertiary/aromatic N) is 5. The van der Waals surface area contributed by atoms with Gasteiger partial charge in [0.1, 0.15) is 5.75 Å². The number of aryl methyl sites for hydroxylation is 1. The van der Waals surface area contributed by atoms with E-state index in [1.165, 1.54) is 0 Å². The third-order valence-corrected chi connectivity index (χ3v) is 5.31. The number of fused-ring (bicyclic) bond motifs is 1. The van der Waals surface area contributed by atoms with Gasteiger partial charge in [0.05, 0.1) is 48.4 Å². The molecule has 2 heterocycles. The van der Waals surface area contributed by atoms with E-state index in [9.17, 15) is 9.90 Å². The van der Waals surface area contributed by atoms with Crippen molar-refractivity contribution in [1.82, 2.24) is 25.1 Å². The molecule has 4 rings (SSSR count). The average molecular weight is 461 g/mol. The second-order valence-electron chi connectivity index (χ2n) is 8.73. The highest BCUT2D eigenvalue weighted by Gasteiger charge is 2.22. The molecule has 0 atom stereocenters. The van der Waals surface area contributed by atoms with E-state index in [1.54, 1.807) is 57.2 Å². The molecule has 2 aromatic heterocycles. The molecule has 0 fully saturated rings. The molecule has 1 amide bonds. The van der Waals surface area contributed by atoms with Gasteiger partial charge in [0, 0.05) is 48.9 Å². The molecule has 176 valence electrons. The maximum absolute atomic E-state index is 12.4. The first-order chi connectivity index (χ1) is 16.2. The predicted molar refractivity (Wildman–Crippen MR) is 131 cm³/mol. The zero-order valence-electron chi connectivity index (χ0n) is 19.9. The number of anilines is 2. The molecular weight excluding hydrogens is 432 g/mol. The van der Waals surface area contributed by atoms with Crippen molar-refractivity contribution in [3.05, 3.63) is 60.6 Å². The Hall–Kier alpha value is -3.98. The van der Waals surface area contributed by atoms with Gasteiger partial charge in [-0.25, -0.2) is 4.98 Å². The van der Waals surface area contributed by atoms with E-state index < -0.39 is 5.60 Å². The van der Waals surface area contributed by atoms with Gasteiger partial charge in [0.2, 0.25) is 0 Å². The summed E-state index contributed by atoms with van der Waals surface area (Å²) in [6.07, 6.45) is 5.36. The van der Waals surface area contributed by atoms with E-state index in [1.807, 2.05) is 42.4 Å². The van der Waals surface area contributed by atoms with Crippen LogP contribution in [-0.4, -0.2) is 57.1 Å². The highest BCUT2D eigenvalue weighted by molar-refractivity contribution is 5.96. The molecule has 0 aliphatic heterocycles. The summed E-state index contributed by atoms with van der Waals surface area (Å²) in [7, 11) is 4.99. The van der Waals surface area contributed by atoms with Crippen molar-refractivity contribution in [3.8, 4) is 17.0 Å². The Bertz CT molecular complexity index is 1340. The van der Waals surface area contributed by atoms with E-state index >= 15 is 0 Å². The van der Waals surface area contributed by atoms with Crippen molar-refractivity contribution in [1.29, 1.82) is 0 Å². The third kappa shape index (κ3) is 4.99. The fraction of sp³-hybridized carbons (Fsp3) is 0.280. The number of hydrogen-bond acceptors (Lipinski definition) is 7. The van der Waals surface area contributed by atoms with Gasteiger partial charge in [0.15, 0.2) is 0 Å². The summed E-state index contributed by atoms with van der Waals surface area (Å²) in [5.74, 6) is 0.310. The van der Waals surface area contributed by atoms with Crippen LogP contribution in [0.15, 0.2) is 55.0 Å². The van der Waals surface area contributed by atoms with Gasteiger partial charge >= 0.3 is 0 Å². The zero-order valence-corrected chi connectivity index (χ0v) is 19.9. The molecule has 9 nitrogen and oxygen atoms in total. The van der Waals surface area contributed by atoms with Gasteiger partial charge in [0.25, 0.3) is 5.91 Å². The molecule has 34 heavy (non-hydrogen) atoms. The molecule has 0 saturated carbocycles. The molecule has 0 saturated heterocycles. The molecule has 9 heteroatoms. The summed E-state index contributed by atoms with van der Waals surface area (Å²) in [4.78, 5) is 23.6. The van der Waals surface area contributed by atoms with Gasteiger partial charge in [-0.3, -0.25) is 14.5 Å². The van der Waals surface area contributed by atoms with Crippen molar-refractivity contribution in [2.45, 2.75) is 19.4 Å². The first-order valence-electron chi connectivity index (χ1n) is 10.8. The Kier molecular flexibility index (Phi) is 6.21. The minimum absolute atomic E-state index is 0.228. The second kappa shape index (κ2) is 9.11. The van der Waals surface area contributed by atoms with Gasteiger partial charge < -0.3 is 20.1 Å². The Morgan fingerprint density at radius 1 is 1.15 bits per heavy atom. The monoisotopic (exact) mass is 460 g/mol. The maximum Gasteiger partial charge on any atom is 0.251 e. The number of nitrogens with one attached hydrogen (secondary N) is 1. The summed E-state index contributed by atoms with van der Waals surface area (Å²) < 4.78 is 7.16. The molecule has 0 radical (unpaired) electrons. The first-order valence-corrected chi connectivity index (χ1v) is 10.8. The van der Waals surface area contributed by atoms with Crippen molar-refractivity contribution in [3.63, 3.8) is 0 Å². The summed E-state index contributed by atoms with van der Waals surface area (Å²) in [6.45, 7) is 3.75. The van der Waals surface area contributed by atoms with Crippen molar-refractivity contribution in [2.75, 3.05) is 25.6 Å². The van der Waals surface area contributed by atoms with Gasteiger partial charge in [-0.15, -0.1) is 0 Å². The van der Waals surface area contributed by atoms with Crippen molar-refractivity contribution in [2.24, 2.45) is 7.05 Å². The van der Waals surface area contributed by atoms with E-state index in [2.05, 4.69) is 15.4 Å². The number of methoxy groups -OCH3 is 1. The minimum atomic E-state index is -1.02. The van der Waals surface area contributed by atoms with Crippen LogP contribution >= 0.6 is 0 Å². The number of carbonyl (C=O) groups is 1. The average Bonchev–Trinajstić information content (AvgIpc) is 3.26. The molecule has 0 aliphatic carbocycles. The quantitative estimate of drug-likeness (QED) is 0.436. The van der Waals surface area contributed by atoms with Crippen molar-refractivity contribution < 1.29 is 14.6 Å². The van der Waals surface area contributed by atoms with E-state index in [0.29, 0.717) is 22.5 Å². The topological polar surface area (TPSA) is 105 Å². The number of ether oxygens (including phenoxy) is 1. The number of aromatic nitrogens is 4. The van der Waals surface area contributed by atoms with Gasteiger partial charge in [-0.05, 0) is 44.2 Å². The number of hydrogen-bond donors (Lipinski definition) is 2. The SMILES string of the molecule is CNC(=O)c1cc(OC)cc(N(CC(C)(C)O)c2ccc3ncc(-c4cnn(C)c4)nc3c2)c1. The highest BCUT2D eigenvalue weighted by atomic mass is 16.5. The van der Waals surface area contributed by atoms with Crippen LogP contribution in [-0.2, 0) is 7.05 Å². The largest absolute Gasteiger partial charge is 0.497 e. The number of carbonyl (C=O) groups excluding carboxylic acids is 1. The van der Waals surface area contributed by atoms with Gasteiger partial charge in [-0.2, -0.15) is 5.10 Å². The standard InChI is InChI=1S/C25H28N6O3/c1-25(2,33)15-31(19-8-16(24(32)26-3)9-20(10-19)34-5)18-6-7-21-22(11-18)29-23(13-27-21)17-12-28-30(4)14-17/h6-14,33H,15H2,1-5H3,(H,26,32). The normalized spacial score (nSPS) is 11.5. The smallest absolute Gasteiger partial charge is 0.251 e. The third-order valence-electron chi connectivity index (χ3n) is 5.31. The van der Waals surface area contributed by atoms with Crippen LogP contribution in [0.5, 0.6) is 5.75 Å². The lowest BCUT2D eigenvalue weighted by Gasteiger charge is -2.31. The van der Waals surface area contributed by atoms with Gasteiger partial charge in [-0.1, -0.05) is 0 Å². The van der Waals surface area contributed by atoms with E-state index in [0.717, 1.165) is 22.5 Å². The molecule has 0 spiro atoms. The summed E-state index contributed by atoms with van der Waals surface area (Å²) in [6, 6.07) is 11.0. The molecule has 4 aromatic rings. The number of rotatable bonds is 7. The lowest BCUT2D eigenvalue weighted by molar-refractivity contribution is 0.0898. The van der Waals surface area contributed by atoms with Crippen LogP contribution in [0.4, 0.5) is 11.4 Å². The lowest BCUT2D eigenvalue weighted by Crippen LogP contribution is -2.36. The zero-order chi connectivity index (χ0) is 24.5. The van der Waals surface area contributed by atoms with Crippen LogP contribution in [0.2, 0.25) is 0 Å². The molecule has 0 bridgehead atoms. The first kappa shape index (κ1) is 23.2. The number of amides is 1. The van der Waals surface area contributed by atoms with Crippen LogP contribution < -0.4 is 15.0 Å². The molecule has 0 aliphatic rings. The fourth-order valence-corrected chi connectivity index (χ4v) is 3.71. The Labute approximate surface area is 198 Å². The van der Waals surface area contributed by atoms with Crippen LogP contribution in [0, 0.1) is 0 Å². The highest BCUT2D eigenvalue weighted by Crippen LogP contribution is 2.33. The lowest BCUT2D eigenvalue weighted by atomic mass is 10.1. The second-order valence-corrected chi connectivity index (χ2v) is 8.73. The van der Waals surface area contributed by atoms with E-state index in [4.69, 9.17) is 9.72 Å². The molecule has 2 aromatic carbocycles. The Balaban J connectivity index is 1.84. The number of aliphatic hydroxyl groups is 1. The fourth-order valence-electron chi connectivity index (χ4n) is 3.71. The summed E-state index contributed by atoms with van der Waals surface area (Å²) in [5, 5.41) is 17.5. The van der Waals surface area contributed by atoms with Crippen LogP contribution in [0.1, 0.15) is 24.2 Å². The van der Waals surface area contributed by atoms with Crippen LogP contribution in [0.25, 0.3) is 22.3 Å². The summed E-state index contributed by atoms with van der Waals surface area (Å²) in [5.41, 5.74) is 3.98. The Morgan fingerprint density at radius 3 is 2.59 bits per heavy atom. The molecular formula is C25H28N6O3. The Morgan fingerprint density at radius 2 is 1.94 bits per heavy atom. The van der Waals surface area contributed by atoms with E-state index in [-0.39, 0.29) is 12.5 Å². The molecule has 2 N–H and O–H groups in total. The number of benzene rings is 2. The van der Waals surface area contributed by atoms with Crippen molar-refractivity contribution >= 4 is 28.3 Å².